The lowest BCUT2D eigenvalue weighted by molar-refractivity contribution is -0.185. The van der Waals surface area contributed by atoms with E-state index < -0.39 is 35.0 Å². The van der Waals surface area contributed by atoms with Gasteiger partial charge >= 0.3 is 5.97 Å². The monoisotopic (exact) mass is 306 g/mol. The molecule has 5 nitrogen and oxygen atoms in total. The predicted octanol–water partition coefficient (Wildman–Crippen LogP) is 2.93. The number of carboxylic acids is 1. The Labute approximate surface area is 130 Å². The Hall–Kier alpha value is -1.59. The fourth-order valence-corrected chi connectivity index (χ4v) is 3.32. The molecule has 1 aromatic rings. The fourth-order valence-electron chi connectivity index (χ4n) is 3.32. The number of hydrogen-bond acceptors (Lipinski definition) is 4. The molecule has 0 spiro atoms. The van der Waals surface area contributed by atoms with Gasteiger partial charge in [0, 0.05) is 5.56 Å². The van der Waals surface area contributed by atoms with E-state index in [9.17, 15) is 9.90 Å². The summed E-state index contributed by atoms with van der Waals surface area (Å²) in [5.74, 6) is -0.199. The predicted molar refractivity (Wildman–Crippen MR) is 79.7 cm³/mol. The molecule has 2 aliphatic heterocycles. The van der Waals surface area contributed by atoms with E-state index in [0.29, 0.717) is 0 Å². The minimum atomic E-state index is -1.15. The minimum absolute atomic E-state index is 0.390. The maximum Gasteiger partial charge on any atom is 0.314 e. The van der Waals surface area contributed by atoms with Crippen molar-refractivity contribution in [3.63, 3.8) is 0 Å². The maximum absolute atomic E-state index is 11.5. The molecule has 0 aromatic heterocycles. The molecule has 0 radical (unpaired) electrons. The largest absolute Gasteiger partial charge is 0.485 e. The van der Waals surface area contributed by atoms with E-state index in [-0.39, 0.29) is 0 Å². The summed E-state index contributed by atoms with van der Waals surface area (Å²) in [6, 6.07) is 7.67. The third kappa shape index (κ3) is 1.96. The number of para-hydroxylation sites is 1. The van der Waals surface area contributed by atoms with Crippen LogP contribution in [0.4, 0.5) is 0 Å². The molecule has 2 heterocycles. The van der Waals surface area contributed by atoms with Crippen molar-refractivity contribution in [3.8, 4) is 5.75 Å². The topological polar surface area (TPSA) is 65.0 Å². The zero-order valence-corrected chi connectivity index (χ0v) is 13.5. The zero-order chi connectivity index (χ0) is 16.3. The van der Waals surface area contributed by atoms with Gasteiger partial charge in [0.05, 0.1) is 0 Å². The Morgan fingerprint density at radius 3 is 2.50 bits per heavy atom. The van der Waals surface area contributed by atoms with E-state index in [4.69, 9.17) is 14.2 Å². The lowest BCUT2D eigenvalue weighted by Crippen LogP contribution is -2.55. The van der Waals surface area contributed by atoms with Gasteiger partial charge in [-0.25, -0.2) is 0 Å². The molecule has 5 heteroatoms. The van der Waals surface area contributed by atoms with Gasteiger partial charge in [-0.3, -0.25) is 4.79 Å². The first-order chi connectivity index (χ1) is 10.1. The molecule has 1 aromatic carbocycles. The Morgan fingerprint density at radius 2 is 1.86 bits per heavy atom. The molecule has 22 heavy (non-hydrogen) atoms. The van der Waals surface area contributed by atoms with Crippen molar-refractivity contribution in [2.75, 3.05) is 0 Å². The van der Waals surface area contributed by atoms with Crippen molar-refractivity contribution in [1.29, 1.82) is 0 Å². The molecular weight excluding hydrogens is 284 g/mol. The lowest BCUT2D eigenvalue weighted by atomic mass is 9.79. The molecule has 0 bridgehead atoms. The first-order valence-corrected chi connectivity index (χ1v) is 7.44. The summed E-state index contributed by atoms with van der Waals surface area (Å²) in [5.41, 5.74) is -1.61. The molecule has 120 valence electrons. The van der Waals surface area contributed by atoms with Crippen molar-refractivity contribution in [1.82, 2.24) is 0 Å². The van der Waals surface area contributed by atoms with E-state index in [2.05, 4.69) is 0 Å². The Kier molecular flexibility index (Phi) is 3.10. The highest BCUT2D eigenvalue weighted by molar-refractivity contribution is 5.74. The summed E-state index contributed by atoms with van der Waals surface area (Å²) < 4.78 is 18.3. The van der Waals surface area contributed by atoms with Gasteiger partial charge in [-0.1, -0.05) is 18.2 Å². The second kappa shape index (κ2) is 4.46. The molecule has 2 aliphatic rings. The quantitative estimate of drug-likeness (QED) is 0.910. The summed E-state index contributed by atoms with van der Waals surface area (Å²) in [4.78, 5) is 11.5. The van der Waals surface area contributed by atoms with Crippen LogP contribution in [0.1, 0.15) is 40.2 Å². The van der Waals surface area contributed by atoms with Gasteiger partial charge < -0.3 is 19.3 Å². The fraction of sp³-hybridized carbons (Fsp3) is 0.588. The molecule has 1 N–H and O–H groups in total. The highest BCUT2D eigenvalue weighted by atomic mass is 16.8. The molecule has 3 unspecified atom stereocenters. The minimum Gasteiger partial charge on any atom is -0.485 e. The lowest BCUT2D eigenvalue weighted by Gasteiger charge is -2.44. The van der Waals surface area contributed by atoms with Gasteiger partial charge in [0.2, 0.25) is 0 Å². The van der Waals surface area contributed by atoms with Crippen LogP contribution in [0.5, 0.6) is 5.75 Å². The number of ether oxygens (including phenoxy) is 3. The number of benzene rings is 1. The maximum atomic E-state index is 11.5. The number of rotatable bonds is 2. The van der Waals surface area contributed by atoms with Gasteiger partial charge in [-0.2, -0.15) is 0 Å². The molecule has 1 fully saturated rings. The molecule has 0 saturated carbocycles. The van der Waals surface area contributed by atoms with Crippen LogP contribution in [0.25, 0.3) is 0 Å². The van der Waals surface area contributed by atoms with Gasteiger partial charge in [-0.05, 0) is 40.7 Å². The Bertz CT molecular complexity index is 621. The van der Waals surface area contributed by atoms with Crippen molar-refractivity contribution in [2.24, 2.45) is 5.41 Å². The highest BCUT2D eigenvalue weighted by Gasteiger charge is 2.62. The first-order valence-electron chi connectivity index (χ1n) is 7.44. The highest BCUT2D eigenvalue weighted by Crippen LogP contribution is 2.53. The van der Waals surface area contributed by atoms with Crippen LogP contribution in [-0.4, -0.2) is 29.1 Å². The van der Waals surface area contributed by atoms with Crippen molar-refractivity contribution >= 4 is 5.97 Å². The van der Waals surface area contributed by atoms with E-state index in [1.807, 2.05) is 45.0 Å². The number of hydrogen-bond donors (Lipinski definition) is 1. The average Bonchev–Trinajstić information content (AvgIpc) is 2.79. The van der Waals surface area contributed by atoms with Crippen molar-refractivity contribution in [3.05, 3.63) is 29.8 Å². The van der Waals surface area contributed by atoms with Crippen LogP contribution in [0, 0.1) is 5.41 Å². The summed E-state index contributed by atoms with van der Waals surface area (Å²) >= 11 is 0. The average molecular weight is 306 g/mol. The van der Waals surface area contributed by atoms with Crippen LogP contribution < -0.4 is 4.74 Å². The van der Waals surface area contributed by atoms with E-state index in [1.165, 1.54) is 0 Å². The smallest absolute Gasteiger partial charge is 0.314 e. The Balaban J connectivity index is 2.08. The van der Waals surface area contributed by atoms with Crippen molar-refractivity contribution < 1.29 is 24.1 Å². The first kappa shape index (κ1) is 15.3. The normalized spacial score (nSPS) is 32.8. The number of fused-ring (bicyclic) bond motifs is 3. The van der Waals surface area contributed by atoms with E-state index in [1.54, 1.807) is 13.8 Å². The van der Waals surface area contributed by atoms with Crippen LogP contribution in [-0.2, 0) is 19.9 Å². The third-order valence-corrected chi connectivity index (χ3v) is 4.68. The van der Waals surface area contributed by atoms with E-state index in [0.717, 1.165) is 11.3 Å². The molecule has 3 rings (SSSR count). The van der Waals surface area contributed by atoms with Crippen LogP contribution in [0.15, 0.2) is 24.3 Å². The zero-order valence-electron chi connectivity index (χ0n) is 13.5. The summed E-state index contributed by atoms with van der Waals surface area (Å²) in [6.45, 7) is 9.04. The molecule has 1 saturated heterocycles. The number of carboxylic acid groups (broad SMARTS) is 1. The second-order valence-corrected chi connectivity index (χ2v) is 7.30. The summed E-state index contributed by atoms with van der Waals surface area (Å²) in [5, 5.41) is 9.45. The van der Waals surface area contributed by atoms with Crippen LogP contribution in [0.2, 0.25) is 0 Å². The third-order valence-electron chi connectivity index (χ3n) is 4.68. The summed E-state index contributed by atoms with van der Waals surface area (Å²) in [7, 11) is 0. The molecule has 3 atom stereocenters. The van der Waals surface area contributed by atoms with Gasteiger partial charge in [0.1, 0.15) is 28.5 Å². The van der Waals surface area contributed by atoms with Gasteiger partial charge in [-0.15, -0.1) is 0 Å². The van der Waals surface area contributed by atoms with Crippen LogP contribution in [0.3, 0.4) is 0 Å². The number of carbonyl (C=O) groups is 1. The SMILES string of the molecule is CC1(C)Oc2ccccc2C2(C)OC(C(C)(C)C(=O)O)OC12. The number of aliphatic carboxylic acids is 1. The standard InChI is InChI=1S/C17H22O5/c1-15(2,13(18)19)14-20-12-16(3,4)21-11-9-7-6-8-10(11)17(12,5)22-14/h6-9,12,14H,1-5H3,(H,18,19). The van der Waals surface area contributed by atoms with Crippen molar-refractivity contribution in [2.45, 2.75) is 58.2 Å². The Morgan fingerprint density at radius 1 is 1.23 bits per heavy atom. The van der Waals surface area contributed by atoms with E-state index >= 15 is 0 Å². The summed E-state index contributed by atoms with van der Waals surface area (Å²) in [6.07, 6.45) is -1.23. The van der Waals surface area contributed by atoms with Gasteiger partial charge in [0.25, 0.3) is 0 Å². The second-order valence-electron chi connectivity index (χ2n) is 7.30. The van der Waals surface area contributed by atoms with Gasteiger partial charge in [0.15, 0.2) is 6.29 Å². The molecule has 0 aliphatic carbocycles. The molecular formula is C17H22O5. The van der Waals surface area contributed by atoms with Crippen LogP contribution >= 0.6 is 0 Å². The molecule has 0 amide bonds.